The van der Waals surface area contributed by atoms with Crippen LogP contribution < -0.4 is 5.01 Å². The lowest BCUT2D eigenvalue weighted by Crippen LogP contribution is -2.40. The van der Waals surface area contributed by atoms with Gasteiger partial charge in [-0.15, -0.1) is 0 Å². The van der Waals surface area contributed by atoms with Crippen LogP contribution in [0.1, 0.15) is 32.3 Å². The molecule has 1 unspecified atom stereocenters. The number of imide groups is 1. The Kier molecular flexibility index (Phi) is 5.27. The molecule has 2 aliphatic rings. The van der Waals surface area contributed by atoms with Gasteiger partial charge in [0.15, 0.2) is 0 Å². The summed E-state index contributed by atoms with van der Waals surface area (Å²) in [6.45, 7) is 0. The topological polar surface area (TPSA) is 96.5 Å². The van der Waals surface area contributed by atoms with Gasteiger partial charge in [-0.1, -0.05) is 30.3 Å². The molecule has 9 heteroatoms. The number of hydrogen-bond donors (Lipinski definition) is 0. The zero-order valence-corrected chi connectivity index (χ0v) is 18.0. The van der Waals surface area contributed by atoms with Crippen molar-refractivity contribution >= 4 is 29.4 Å². The van der Waals surface area contributed by atoms with E-state index in [0.717, 1.165) is 12.8 Å². The van der Waals surface area contributed by atoms with Gasteiger partial charge < -0.3 is 14.5 Å². The highest BCUT2D eigenvalue weighted by Gasteiger charge is 2.47. The summed E-state index contributed by atoms with van der Waals surface area (Å²) in [6, 6.07) is 12.7. The first kappa shape index (κ1) is 21.3. The van der Waals surface area contributed by atoms with Gasteiger partial charge in [0, 0.05) is 19.7 Å². The second-order valence-electron chi connectivity index (χ2n) is 7.30. The zero-order chi connectivity index (χ0) is 23.2. The number of esters is 2. The monoisotopic (exact) mass is 435 g/mol. The number of hydrazine groups is 1. The molecular weight excluding hydrogens is 414 g/mol. The molecule has 9 nitrogen and oxygen atoms in total. The van der Waals surface area contributed by atoms with Crippen LogP contribution in [0.2, 0.25) is 0 Å². The molecule has 2 aromatic rings. The molecule has 2 heterocycles. The number of para-hydroxylation sites is 1. The molecular formula is C23H21N3O6. The van der Waals surface area contributed by atoms with Gasteiger partial charge in [-0.25, -0.2) is 19.5 Å². The average molecular weight is 435 g/mol. The maximum Gasteiger partial charge on any atom is 0.355 e. The number of likely N-dealkylation sites (N-methyl/N-ethyl adjacent to an activating group) is 1. The molecule has 32 heavy (non-hydrogen) atoms. The van der Waals surface area contributed by atoms with Gasteiger partial charge in [0.25, 0.3) is 11.8 Å². The molecule has 0 radical (unpaired) electrons. The lowest BCUT2D eigenvalue weighted by Gasteiger charge is -2.29. The fourth-order valence-electron chi connectivity index (χ4n) is 4.16. The Morgan fingerprint density at radius 3 is 1.91 bits per heavy atom. The Morgan fingerprint density at radius 2 is 1.34 bits per heavy atom. The minimum absolute atomic E-state index is 0.139. The summed E-state index contributed by atoms with van der Waals surface area (Å²) < 4.78 is 9.93. The summed E-state index contributed by atoms with van der Waals surface area (Å²) in [5.74, 6) is -3.28. The first-order valence-corrected chi connectivity index (χ1v) is 9.77. The standard InChI is InChI=1S/C23H21N3O6/c1-24-16-12-8-7-11-15(16)18(25(24)2)17(22(29)31-3)19(23(30)32-4)26-20(27)13-9-5-6-10-14(13)21(26)28/h5-12,18H,1-4H3/b19-17-. The van der Waals surface area contributed by atoms with Crippen molar-refractivity contribution in [3.8, 4) is 0 Å². The maximum atomic E-state index is 13.2. The van der Waals surface area contributed by atoms with Gasteiger partial charge in [0.1, 0.15) is 5.70 Å². The Bertz CT molecular complexity index is 1150. The molecule has 2 amide bonds. The zero-order valence-electron chi connectivity index (χ0n) is 18.0. The lowest BCUT2D eigenvalue weighted by atomic mass is 9.96. The van der Waals surface area contributed by atoms with E-state index < -0.39 is 35.5 Å². The summed E-state index contributed by atoms with van der Waals surface area (Å²) in [4.78, 5) is 53.1. The fraction of sp³-hybridized carbons (Fsp3) is 0.217. The third kappa shape index (κ3) is 2.97. The van der Waals surface area contributed by atoms with Crippen LogP contribution in [0, 0.1) is 0 Å². The molecule has 0 saturated carbocycles. The van der Waals surface area contributed by atoms with Crippen LogP contribution in [0.4, 0.5) is 5.69 Å². The third-order valence-electron chi connectivity index (χ3n) is 5.76. The number of hydrogen-bond acceptors (Lipinski definition) is 8. The van der Waals surface area contributed by atoms with Crippen LogP contribution >= 0.6 is 0 Å². The largest absolute Gasteiger partial charge is 0.466 e. The predicted molar refractivity (Wildman–Crippen MR) is 113 cm³/mol. The van der Waals surface area contributed by atoms with Gasteiger partial charge in [0.05, 0.1) is 42.6 Å². The predicted octanol–water partition coefficient (Wildman–Crippen LogP) is 1.92. The van der Waals surface area contributed by atoms with Crippen molar-refractivity contribution in [1.29, 1.82) is 0 Å². The van der Waals surface area contributed by atoms with E-state index in [0.29, 0.717) is 10.5 Å². The summed E-state index contributed by atoms with van der Waals surface area (Å²) >= 11 is 0. The maximum absolute atomic E-state index is 13.2. The van der Waals surface area contributed by atoms with Gasteiger partial charge >= 0.3 is 11.9 Å². The van der Waals surface area contributed by atoms with Gasteiger partial charge in [0.2, 0.25) is 0 Å². The Hall–Kier alpha value is -3.98. The van der Waals surface area contributed by atoms with Crippen molar-refractivity contribution in [2.75, 3.05) is 33.3 Å². The molecule has 1 atom stereocenters. The number of fused-ring (bicyclic) bond motifs is 2. The molecule has 0 aliphatic carbocycles. The number of rotatable bonds is 4. The quantitative estimate of drug-likeness (QED) is 0.408. The molecule has 4 rings (SSSR count). The summed E-state index contributed by atoms with van der Waals surface area (Å²) in [6.07, 6.45) is 0. The molecule has 0 N–H and O–H groups in total. The minimum atomic E-state index is -1.000. The van der Waals surface area contributed by atoms with Crippen LogP contribution in [0.25, 0.3) is 0 Å². The van der Waals surface area contributed by atoms with Crippen molar-refractivity contribution in [1.82, 2.24) is 9.91 Å². The number of anilines is 1. The Morgan fingerprint density at radius 1 is 0.812 bits per heavy atom. The lowest BCUT2D eigenvalue weighted by molar-refractivity contribution is -0.140. The van der Waals surface area contributed by atoms with E-state index >= 15 is 0 Å². The van der Waals surface area contributed by atoms with Crippen LogP contribution in [0.15, 0.2) is 59.8 Å². The van der Waals surface area contributed by atoms with E-state index in [4.69, 9.17) is 9.47 Å². The second-order valence-corrected chi connectivity index (χ2v) is 7.30. The van der Waals surface area contributed by atoms with E-state index in [9.17, 15) is 19.2 Å². The molecule has 0 spiro atoms. The fourth-order valence-corrected chi connectivity index (χ4v) is 4.16. The normalized spacial score (nSPS) is 18.3. The van der Waals surface area contributed by atoms with E-state index in [1.807, 2.05) is 12.1 Å². The van der Waals surface area contributed by atoms with Crippen molar-refractivity contribution in [3.05, 3.63) is 76.5 Å². The van der Waals surface area contributed by atoms with Crippen molar-refractivity contribution in [2.24, 2.45) is 0 Å². The second kappa shape index (κ2) is 7.93. The number of benzene rings is 2. The first-order chi connectivity index (χ1) is 15.3. The first-order valence-electron chi connectivity index (χ1n) is 9.77. The number of carbonyl (C=O) groups excluding carboxylic acids is 4. The van der Waals surface area contributed by atoms with E-state index in [1.54, 1.807) is 48.4 Å². The Balaban J connectivity index is 2.00. The molecule has 2 aliphatic heterocycles. The van der Waals surface area contributed by atoms with Gasteiger partial charge in [-0.2, -0.15) is 0 Å². The van der Waals surface area contributed by atoms with E-state index in [2.05, 4.69) is 0 Å². The SMILES string of the molecule is COC(=O)/C(=C(/C(=O)OC)N1C(=O)c2ccccc2C1=O)C1c2ccccc2N(C)N1C. The highest BCUT2D eigenvalue weighted by molar-refractivity contribution is 6.25. The minimum Gasteiger partial charge on any atom is -0.466 e. The molecule has 0 aromatic heterocycles. The summed E-state index contributed by atoms with van der Waals surface area (Å²) in [5.41, 5.74) is 1.14. The molecule has 2 aromatic carbocycles. The number of ether oxygens (including phenoxy) is 2. The number of methoxy groups -OCH3 is 2. The molecule has 164 valence electrons. The number of carbonyl (C=O) groups is 4. The molecule has 0 bridgehead atoms. The number of amides is 2. The molecule has 0 saturated heterocycles. The highest BCUT2D eigenvalue weighted by atomic mass is 16.5. The van der Waals surface area contributed by atoms with Crippen molar-refractivity contribution in [3.63, 3.8) is 0 Å². The van der Waals surface area contributed by atoms with Crippen molar-refractivity contribution < 1.29 is 28.7 Å². The Labute approximate surface area is 184 Å². The van der Waals surface area contributed by atoms with Gasteiger partial charge in [-0.3, -0.25) is 9.59 Å². The van der Waals surface area contributed by atoms with Crippen LogP contribution in [0.5, 0.6) is 0 Å². The highest BCUT2D eigenvalue weighted by Crippen LogP contribution is 2.44. The van der Waals surface area contributed by atoms with Crippen molar-refractivity contribution in [2.45, 2.75) is 6.04 Å². The average Bonchev–Trinajstić information content (AvgIpc) is 3.22. The van der Waals surface area contributed by atoms with Gasteiger partial charge in [-0.05, 0) is 18.2 Å². The number of nitrogens with zero attached hydrogens (tertiary/aromatic N) is 3. The third-order valence-corrected chi connectivity index (χ3v) is 5.76. The van der Waals surface area contributed by atoms with Crippen LogP contribution in [0.3, 0.4) is 0 Å². The summed E-state index contributed by atoms with van der Waals surface area (Å²) in [7, 11) is 5.82. The van der Waals surface area contributed by atoms with E-state index in [1.165, 1.54) is 19.2 Å². The smallest absolute Gasteiger partial charge is 0.355 e. The van der Waals surface area contributed by atoms with E-state index in [-0.39, 0.29) is 16.7 Å². The van der Waals surface area contributed by atoms with Crippen LogP contribution in [-0.2, 0) is 19.1 Å². The van der Waals surface area contributed by atoms with Crippen LogP contribution in [-0.4, -0.2) is 62.0 Å². The molecule has 0 fully saturated rings. The summed E-state index contributed by atoms with van der Waals surface area (Å²) in [5, 5.41) is 3.53.